The van der Waals surface area contributed by atoms with E-state index in [1.165, 1.54) is 89.4 Å². The highest BCUT2D eigenvalue weighted by atomic mass is 15.2. The van der Waals surface area contributed by atoms with Gasteiger partial charge in [0.15, 0.2) is 18.6 Å². The molecule has 254 valence electrons. The molecule has 3 heteroatoms. The molecule has 6 aliphatic rings. The van der Waals surface area contributed by atoms with Crippen LogP contribution in [0.15, 0.2) is 163 Å². The predicted molar refractivity (Wildman–Crippen MR) is 211 cm³/mol. The van der Waals surface area contributed by atoms with E-state index in [1.54, 1.807) is 0 Å². The van der Waals surface area contributed by atoms with Crippen molar-refractivity contribution < 1.29 is 13.7 Å². The molecule has 0 saturated heterocycles. The van der Waals surface area contributed by atoms with Crippen LogP contribution in [0.25, 0.3) is 45.4 Å². The molecule has 10 bridgehead atoms. The monoisotopic (exact) mass is 684 g/mol. The standard InChI is InChI=1S/C50H42N3/c1-2-11-41-40(9-1)29-46-42-12-3-4-13-43(42)48-26-21-37-19-24-39-28-34(16-17-36-20-25-47(41)51(30-36)33-52(48)31-37)18-23-38(39)10-7-8-35-22-27-49-44-14-5-6-15-45(44)50(46)53(49)32-35/h1-6,9-15,18,20-22,25-32,50H,7-8,16-17,19,23-24,33H2/q+3/b38-10?,46-29+. The van der Waals surface area contributed by atoms with E-state index in [0.29, 0.717) is 0 Å². The lowest BCUT2D eigenvalue weighted by atomic mass is 9.86. The summed E-state index contributed by atoms with van der Waals surface area (Å²) in [5, 5.41) is 0. The molecular formula is C50H42N3+3. The fourth-order valence-electron chi connectivity index (χ4n) is 9.60. The second-order valence-corrected chi connectivity index (χ2v) is 15.4. The molecule has 1 atom stereocenters. The minimum absolute atomic E-state index is 0.0149. The molecule has 3 aromatic heterocycles. The lowest BCUT2D eigenvalue weighted by Crippen LogP contribution is -2.54. The zero-order valence-corrected chi connectivity index (χ0v) is 30.0. The highest BCUT2D eigenvalue weighted by molar-refractivity contribution is 5.94. The quantitative estimate of drug-likeness (QED) is 0.141. The average molecular weight is 685 g/mol. The summed E-state index contributed by atoms with van der Waals surface area (Å²) < 4.78 is 7.62. The summed E-state index contributed by atoms with van der Waals surface area (Å²) in [6.07, 6.45) is 24.6. The van der Waals surface area contributed by atoms with Crippen LogP contribution in [-0.4, -0.2) is 0 Å². The zero-order chi connectivity index (χ0) is 34.9. The maximum atomic E-state index is 2.58. The summed E-state index contributed by atoms with van der Waals surface area (Å²) in [7, 11) is 0. The Kier molecular flexibility index (Phi) is 7.14. The van der Waals surface area contributed by atoms with E-state index in [1.807, 2.05) is 0 Å². The van der Waals surface area contributed by atoms with Gasteiger partial charge in [0.1, 0.15) is 0 Å². The minimum Gasteiger partial charge on any atom is -0.186 e. The molecule has 0 N–H and O–H groups in total. The highest BCUT2D eigenvalue weighted by Crippen LogP contribution is 2.44. The Bertz CT molecular complexity index is 2630. The van der Waals surface area contributed by atoms with Crippen molar-refractivity contribution in [3.8, 4) is 33.8 Å². The number of aryl methyl sites for hydroxylation is 3. The molecule has 0 fully saturated rings. The average Bonchev–Trinajstić information content (AvgIpc) is 3.51. The first kappa shape index (κ1) is 30.7. The summed E-state index contributed by atoms with van der Waals surface area (Å²) in [6, 6.07) is 41.6. The maximum absolute atomic E-state index is 2.58. The molecule has 5 aliphatic heterocycles. The fraction of sp³-hybridized carbons (Fsp3) is 0.180. The van der Waals surface area contributed by atoms with Crippen LogP contribution in [0.4, 0.5) is 0 Å². The first-order valence-corrected chi connectivity index (χ1v) is 19.4. The van der Waals surface area contributed by atoms with Crippen molar-refractivity contribution >= 4 is 11.6 Å². The minimum atomic E-state index is 0.0149. The number of pyridine rings is 3. The molecule has 0 radical (unpaired) electrons. The number of rotatable bonds is 0. The molecule has 0 saturated carbocycles. The molecule has 3 nitrogen and oxygen atoms in total. The third kappa shape index (κ3) is 5.21. The molecule has 12 rings (SSSR count). The summed E-state index contributed by atoms with van der Waals surface area (Å²) in [6.45, 7) is 0.730. The zero-order valence-electron chi connectivity index (χ0n) is 30.0. The molecule has 53 heavy (non-hydrogen) atoms. The summed E-state index contributed by atoms with van der Waals surface area (Å²) in [5.74, 6) is 0. The number of hydrogen-bond donors (Lipinski definition) is 0. The van der Waals surface area contributed by atoms with E-state index >= 15 is 0 Å². The lowest BCUT2D eigenvalue weighted by Gasteiger charge is -2.19. The van der Waals surface area contributed by atoms with E-state index in [9.17, 15) is 0 Å². The number of nitrogens with zero attached hydrogens (tertiary/aromatic N) is 3. The third-order valence-corrected chi connectivity index (χ3v) is 12.2. The molecule has 6 aromatic rings. The Morgan fingerprint density at radius 2 is 1.13 bits per heavy atom. The lowest BCUT2D eigenvalue weighted by molar-refractivity contribution is -0.903. The van der Waals surface area contributed by atoms with Gasteiger partial charge in [0.25, 0.3) is 0 Å². The van der Waals surface area contributed by atoms with Crippen molar-refractivity contribution in [2.75, 3.05) is 0 Å². The van der Waals surface area contributed by atoms with Crippen molar-refractivity contribution in [1.82, 2.24) is 0 Å². The van der Waals surface area contributed by atoms with Crippen LogP contribution in [0.3, 0.4) is 0 Å². The van der Waals surface area contributed by atoms with Gasteiger partial charge in [0, 0.05) is 46.0 Å². The van der Waals surface area contributed by atoms with Crippen LogP contribution in [0.2, 0.25) is 0 Å². The van der Waals surface area contributed by atoms with Gasteiger partial charge >= 0.3 is 6.67 Å². The van der Waals surface area contributed by atoms with E-state index < -0.39 is 0 Å². The van der Waals surface area contributed by atoms with Gasteiger partial charge in [-0.2, -0.15) is 4.57 Å². The van der Waals surface area contributed by atoms with Crippen molar-refractivity contribution in [2.45, 2.75) is 57.7 Å². The topological polar surface area (TPSA) is 11.6 Å². The van der Waals surface area contributed by atoms with Gasteiger partial charge in [0.05, 0.1) is 16.7 Å². The Morgan fingerprint density at radius 1 is 0.472 bits per heavy atom. The Morgan fingerprint density at radius 3 is 1.96 bits per heavy atom. The Hall–Kier alpha value is -5.93. The number of aromatic nitrogens is 3. The fourth-order valence-corrected chi connectivity index (χ4v) is 9.60. The highest BCUT2D eigenvalue weighted by Gasteiger charge is 2.41. The molecule has 3 aromatic carbocycles. The van der Waals surface area contributed by atoms with Gasteiger partial charge in [-0.05, 0) is 110 Å². The van der Waals surface area contributed by atoms with Crippen LogP contribution < -0.4 is 13.7 Å². The van der Waals surface area contributed by atoms with E-state index in [0.717, 1.165) is 51.6 Å². The number of hydrogen-bond acceptors (Lipinski definition) is 0. The van der Waals surface area contributed by atoms with Gasteiger partial charge in [-0.15, -0.1) is 9.13 Å². The van der Waals surface area contributed by atoms with Gasteiger partial charge < -0.3 is 0 Å². The SMILES string of the molecule is C1=C2C=C3CCc4ccc5[n+](c4)C[n+]4cc(ccc4-c4ccccc4/C=C(\c4ccccc4-5)C4c5ccccc5-c5ccc(c[n+]54)CCC=C3C1)CC2. The van der Waals surface area contributed by atoms with Gasteiger partial charge in [0.2, 0.25) is 23.1 Å². The summed E-state index contributed by atoms with van der Waals surface area (Å²) >= 11 is 0. The normalized spacial score (nSPS) is 18.8. The van der Waals surface area contributed by atoms with Gasteiger partial charge in [-0.3, -0.25) is 0 Å². The molecule has 1 aliphatic carbocycles. The van der Waals surface area contributed by atoms with Crippen LogP contribution in [0.1, 0.15) is 65.1 Å². The second kappa shape index (κ2) is 12.3. The molecule has 8 heterocycles. The van der Waals surface area contributed by atoms with E-state index in [-0.39, 0.29) is 6.04 Å². The third-order valence-electron chi connectivity index (χ3n) is 12.2. The second-order valence-electron chi connectivity index (χ2n) is 15.4. The van der Waals surface area contributed by atoms with E-state index in [4.69, 9.17) is 0 Å². The Balaban J connectivity index is 1.28. The van der Waals surface area contributed by atoms with Crippen molar-refractivity contribution in [1.29, 1.82) is 0 Å². The maximum Gasteiger partial charge on any atom is 0.344 e. The van der Waals surface area contributed by atoms with Gasteiger partial charge in [-0.25, -0.2) is 0 Å². The van der Waals surface area contributed by atoms with Crippen molar-refractivity contribution in [3.63, 3.8) is 0 Å². The van der Waals surface area contributed by atoms with Crippen LogP contribution in [0, 0.1) is 0 Å². The summed E-state index contributed by atoms with van der Waals surface area (Å²) in [5.41, 5.74) is 21.4. The number of fused-ring (bicyclic) bond motifs is 9. The van der Waals surface area contributed by atoms with Crippen molar-refractivity contribution in [3.05, 3.63) is 196 Å². The predicted octanol–water partition coefficient (Wildman–Crippen LogP) is 9.52. The van der Waals surface area contributed by atoms with Crippen LogP contribution in [0.5, 0.6) is 0 Å². The first-order valence-electron chi connectivity index (χ1n) is 19.4. The largest absolute Gasteiger partial charge is 0.344 e. The first-order chi connectivity index (χ1) is 26.2. The van der Waals surface area contributed by atoms with Crippen molar-refractivity contribution in [2.24, 2.45) is 0 Å². The molecular weight excluding hydrogens is 643 g/mol. The smallest absolute Gasteiger partial charge is 0.186 e. The molecule has 1 unspecified atom stereocenters. The number of benzene rings is 3. The Labute approximate surface area is 311 Å². The molecule has 0 amide bonds. The van der Waals surface area contributed by atoms with Gasteiger partial charge in [-0.1, -0.05) is 78.4 Å². The van der Waals surface area contributed by atoms with E-state index in [2.05, 4.69) is 166 Å². The summed E-state index contributed by atoms with van der Waals surface area (Å²) in [4.78, 5) is 0. The van der Waals surface area contributed by atoms with Crippen LogP contribution in [-0.2, 0) is 25.9 Å². The number of allylic oxidation sites excluding steroid dienone is 7. The molecule has 0 spiro atoms. The van der Waals surface area contributed by atoms with Crippen LogP contribution >= 0.6 is 0 Å².